The highest BCUT2D eigenvalue weighted by Gasteiger charge is 2.57. The molecule has 1 amide bonds. The van der Waals surface area contributed by atoms with E-state index in [1.807, 2.05) is 29.6 Å². The van der Waals surface area contributed by atoms with Crippen LogP contribution in [0.3, 0.4) is 0 Å². The van der Waals surface area contributed by atoms with E-state index in [9.17, 15) is 4.79 Å². The summed E-state index contributed by atoms with van der Waals surface area (Å²) in [6.07, 6.45) is 4.85. The number of carbonyl (C=O) groups is 1. The van der Waals surface area contributed by atoms with Crippen molar-refractivity contribution in [2.45, 2.75) is 34.3 Å². The molecule has 2 aliphatic carbocycles. The van der Waals surface area contributed by atoms with Crippen molar-refractivity contribution in [1.82, 2.24) is 0 Å². The van der Waals surface area contributed by atoms with E-state index < -0.39 is 0 Å². The van der Waals surface area contributed by atoms with Crippen LogP contribution in [-0.2, 0) is 4.79 Å². The number of nitrogens with one attached hydrogen (secondary N) is 1. The topological polar surface area (TPSA) is 29.1 Å². The van der Waals surface area contributed by atoms with Crippen LogP contribution in [0.15, 0.2) is 24.3 Å². The van der Waals surface area contributed by atoms with Gasteiger partial charge in [0.05, 0.1) is 8.66 Å². The quantitative estimate of drug-likeness (QED) is 0.672. The summed E-state index contributed by atoms with van der Waals surface area (Å²) in [6, 6.07) is 8.53. The van der Waals surface area contributed by atoms with Gasteiger partial charge in [-0.3, -0.25) is 4.79 Å². The Morgan fingerprint density at radius 3 is 2.38 bits per heavy atom. The molecule has 26 heavy (non-hydrogen) atoms. The molecule has 2 saturated carbocycles. The fourth-order valence-corrected chi connectivity index (χ4v) is 11.9. The predicted molar refractivity (Wildman–Crippen MR) is 119 cm³/mol. The lowest BCUT2D eigenvalue weighted by Gasteiger charge is -2.42. The molecule has 0 aromatic heterocycles. The second-order valence-electron chi connectivity index (χ2n) is 7.75. The summed E-state index contributed by atoms with van der Waals surface area (Å²) in [5.41, 5.74) is 2.33. The Morgan fingerprint density at radius 1 is 1.00 bits per heavy atom. The maximum atomic E-state index is 13.0. The Bertz CT molecular complexity index is 668. The second kappa shape index (κ2) is 7.49. The molecule has 1 spiro atoms. The Balaban J connectivity index is 1.26. The van der Waals surface area contributed by atoms with Gasteiger partial charge in [-0.25, -0.2) is 0 Å². The third-order valence-electron chi connectivity index (χ3n) is 6.30. The molecule has 4 aliphatic rings. The lowest BCUT2D eigenvalue weighted by molar-refractivity contribution is -0.121. The first kappa shape index (κ1) is 18.1. The van der Waals surface area contributed by atoms with Crippen molar-refractivity contribution >= 4 is 58.6 Å². The van der Waals surface area contributed by atoms with Gasteiger partial charge >= 0.3 is 0 Å². The summed E-state index contributed by atoms with van der Waals surface area (Å²) in [7, 11) is 0. The van der Waals surface area contributed by atoms with Crippen LogP contribution in [-0.4, -0.2) is 33.0 Å². The smallest absolute Gasteiger partial charge is 0.227 e. The molecule has 2 bridgehead atoms. The summed E-state index contributed by atoms with van der Waals surface area (Å²) in [5.74, 6) is 7.02. The molecule has 6 heteroatoms. The van der Waals surface area contributed by atoms with Gasteiger partial charge in [0.1, 0.15) is 0 Å². The highest BCUT2D eigenvalue weighted by molar-refractivity contribution is 8.21. The molecule has 1 aromatic rings. The molecule has 1 N–H and O–H groups in total. The van der Waals surface area contributed by atoms with Gasteiger partial charge < -0.3 is 5.32 Å². The number of hydrogen-bond donors (Lipinski definition) is 1. The van der Waals surface area contributed by atoms with Crippen LogP contribution in [0.2, 0.25) is 0 Å². The Hall–Kier alpha value is 0.0900. The maximum Gasteiger partial charge on any atom is 0.227 e. The lowest BCUT2D eigenvalue weighted by Crippen LogP contribution is -2.41. The Morgan fingerprint density at radius 2 is 1.69 bits per heavy atom. The average molecular weight is 424 g/mol. The van der Waals surface area contributed by atoms with Crippen LogP contribution in [0, 0.1) is 17.8 Å². The first-order valence-corrected chi connectivity index (χ1v) is 13.7. The SMILES string of the molecule is O=C(Nc1cccc(C2SCCS2)c1)C1CC2CCC(C1)C21SCCS1. The van der Waals surface area contributed by atoms with Crippen LogP contribution in [0.4, 0.5) is 5.69 Å². The van der Waals surface area contributed by atoms with E-state index in [2.05, 4.69) is 47.0 Å². The van der Waals surface area contributed by atoms with Gasteiger partial charge in [0, 0.05) is 34.6 Å². The van der Waals surface area contributed by atoms with Crippen molar-refractivity contribution in [3.63, 3.8) is 0 Å². The summed E-state index contributed by atoms with van der Waals surface area (Å²) in [6.45, 7) is 0. The van der Waals surface area contributed by atoms with E-state index >= 15 is 0 Å². The monoisotopic (exact) mass is 423 g/mol. The van der Waals surface area contributed by atoms with Crippen LogP contribution >= 0.6 is 47.0 Å². The van der Waals surface area contributed by atoms with E-state index in [1.165, 1.54) is 41.4 Å². The Labute approximate surface area is 173 Å². The first-order valence-electron chi connectivity index (χ1n) is 9.66. The van der Waals surface area contributed by atoms with Crippen molar-refractivity contribution in [1.29, 1.82) is 0 Å². The van der Waals surface area contributed by atoms with Crippen LogP contribution in [0.1, 0.15) is 35.8 Å². The number of thioether (sulfide) groups is 4. The zero-order valence-corrected chi connectivity index (χ0v) is 18.1. The van der Waals surface area contributed by atoms with Crippen LogP contribution in [0.25, 0.3) is 0 Å². The molecule has 4 fully saturated rings. The van der Waals surface area contributed by atoms with Crippen LogP contribution < -0.4 is 5.32 Å². The summed E-state index contributed by atoms with van der Waals surface area (Å²) >= 11 is 8.44. The van der Waals surface area contributed by atoms with E-state index in [0.29, 0.717) is 8.66 Å². The fraction of sp³-hybridized carbons (Fsp3) is 0.650. The Kier molecular flexibility index (Phi) is 5.23. The van der Waals surface area contributed by atoms with Gasteiger partial charge in [0.25, 0.3) is 0 Å². The van der Waals surface area contributed by atoms with Gasteiger partial charge in [0.15, 0.2) is 0 Å². The number of anilines is 1. The molecular weight excluding hydrogens is 398 g/mol. The van der Waals surface area contributed by atoms with E-state index in [0.717, 1.165) is 30.4 Å². The van der Waals surface area contributed by atoms with Gasteiger partial charge in [-0.15, -0.1) is 47.0 Å². The minimum atomic E-state index is 0.207. The highest BCUT2D eigenvalue weighted by atomic mass is 32.2. The minimum Gasteiger partial charge on any atom is -0.326 e. The molecule has 2 saturated heterocycles. The summed E-state index contributed by atoms with van der Waals surface area (Å²) < 4.78 is 1.00. The minimum absolute atomic E-state index is 0.207. The van der Waals surface area contributed by atoms with Crippen LogP contribution in [0.5, 0.6) is 0 Å². The lowest BCUT2D eigenvalue weighted by atomic mass is 9.79. The van der Waals surface area contributed by atoms with E-state index in [1.54, 1.807) is 0 Å². The second-order valence-corrected chi connectivity index (χ2v) is 13.5. The maximum absolute atomic E-state index is 13.0. The molecule has 2 nitrogen and oxygen atoms in total. The van der Waals surface area contributed by atoms with Gasteiger partial charge in [-0.05, 0) is 55.2 Å². The predicted octanol–water partition coefficient (Wildman–Crippen LogP) is 5.72. The van der Waals surface area contributed by atoms with Crippen molar-refractivity contribution in [2.75, 3.05) is 28.3 Å². The van der Waals surface area contributed by atoms with Gasteiger partial charge in [0.2, 0.25) is 5.91 Å². The van der Waals surface area contributed by atoms with E-state index in [-0.39, 0.29) is 11.8 Å². The number of rotatable bonds is 3. The largest absolute Gasteiger partial charge is 0.326 e. The van der Waals surface area contributed by atoms with Gasteiger partial charge in [-0.2, -0.15) is 0 Å². The van der Waals surface area contributed by atoms with E-state index in [4.69, 9.17) is 0 Å². The average Bonchev–Trinajstić information content (AvgIpc) is 3.38. The first-order chi connectivity index (χ1) is 12.7. The van der Waals surface area contributed by atoms with Gasteiger partial charge in [-0.1, -0.05) is 12.1 Å². The molecule has 2 atom stereocenters. The third kappa shape index (κ3) is 3.23. The van der Waals surface area contributed by atoms with Crippen molar-refractivity contribution in [3.05, 3.63) is 29.8 Å². The number of carbonyl (C=O) groups excluding carboxylic acids is 1. The summed E-state index contributed by atoms with van der Waals surface area (Å²) in [5, 5.41) is 3.25. The van der Waals surface area contributed by atoms with Crippen molar-refractivity contribution in [3.8, 4) is 0 Å². The molecule has 0 radical (unpaired) electrons. The molecule has 2 aliphatic heterocycles. The number of amides is 1. The standard InChI is InChI=1S/C20H25NOS4/c22-18(21-17-3-1-2-13(12-17)19-23-6-7-24-19)14-10-15-4-5-16(11-14)20(15)25-8-9-26-20/h1-3,12,14-16,19H,4-11H2,(H,21,22). The molecule has 140 valence electrons. The normalized spacial score (nSPS) is 33.0. The molecule has 1 aromatic carbocycles. The molecular formula is C20H25NOS4. The zero-order valence-electron chi connectivity index (χ0n) is 14.8. The fourth-order valence-electron chi connectivity index (χ4n) is 5.17. The number of benzene rings is 1. The summed E-state index contributed by atoms with van der Waals surface area (Å²) in [4.78, 5) is 13.0. The van der Waals surface area contributed by atoms with Crippen molar-refractivity contribution in [2.24, 2.45) is 17.8 Å². The molecule has 2 heterocycles. The molecule has 5 rings (SSSR count). The zero-order chi connectivity index (χ0) is 17.6. The molecule has 2 unspecified atom stereocenters. The highest BCUT2D eigenvalue weighted by Crippen LogP contribution is 2.65. The van der Waals surface area contributed by atoms with Crippen molar-refractivity contribution < 1.29 is 4.79 Å². The third-order valence-corrected chi connectivity index (χ3v) is 13.4. The number of hydrogen-bond acceptors (Lipinski definition) is 5.